The summed E-state index contributed by atoms with van der Waals surface area (Å²) >= 11 is 8.22. The zero-order chi connectivity index (χ0) is 17.1. The van der Waals surface area contributed by atoms with Crippen molar-refractivity contribution >= 4 is 56.9 Å². The van der Waals surface area contributed by atoms with Crippen LogP contribution in [0.3, 0.4) is 0 Å². The van der Waals surface area contributed by atoms with Crippen LogP contribution in [-0.2, 0) is 16.1 Å². The molecule has 9 heteroatoms. The van der Waals surface area contributed by atoms with Gasteiger partial charge in [-0.05, 0) is 11.6 Å². The van der Waals surface area contributed by atoms with Gasteiger partial charge >= 0.3 is 0 Å². The highest BCUT2D eigenvalue weighted by Gasteiger charge is 2.40. The molecule has 0 aliphatic carbocycles. The third-order valence-corrected chi connectivity index (χ3v) is 5.47. The Hall–Kier alpha value is -1.90. The summed E-state index contributed by atoms with van der Waals surface area (Å²) in [6.45, 7) is 0.106. The highest BCUT2D eigenvalue weighted by atomic mass is 35.5. The molecule has 0 radical (unpaired) electrons. The molecule has 6 nitrogen and oxygen atoms in total. The number of anilines is 1. The number of benzene rings is 1. The lowest BCUT2D eigenvalue weighted by atomic mass is 10.2. The first kappa shape index (κ1) is 16.9. The molecule has 0 spiro atoms. The first-order valence-corrected chi connectivity index (χ1v) is 9.13. The fourth-order valence-corrected chi connectivity index (χ4v) is 3.92. The maximum atomic E-state index is 12.4. The molecule has 2 aromatic rings. The largest absolute Gasteiger partial charge is 0.302 e. The molecule has 1 aromatic carbocycles. The van der Waals surface area contributed by atoms with Crippen molar-refractivity contribution in [2.45, 2.75) is 18.2 Å². The summed E-state index contributed by atoms with van der Waals surface area (Å²) < 4.78 is 0. The van der Waals surface area contributed by atoms with Gasteiger partial charge in [-0.1, -0.05) is 41.6 Å². The number of imide groups is 1. The zero-order valence-electron chi connectivity index (χ0n) is 12.3. The van der Waals surface area contributed by atoms with Crippen molar-refractivity contribution in [3.8, 4) is 0 Å². The normalized spacial score (nSPS) is 17.4. The summed E-state index contributed by atoms with van der Waals surface area (Å²) in [6, 6.07) is 7.03. The van der Waals surface area contributed by atoms with Crippen LogP contribution in [-0.4, -0.2) is 32.2 Å². The van der Waals surface area contributed by atoms with Crippen molar-refractivity contribution in [3.63, 3.8) is 0 Å². The van der Waals surface area contributed by atoms with Crippen molar-refractivity contribution in [2.75, 3.05) is 5.32 Å². The first-order chi connectivity index (χ1) is 11.5. The van der Waals surface area contributed by atoms with Crippen molar-refractivity contribution in [1.82, 2.24) is 9.88 Å². The minimum Gasteiger partial charge on any atom is -0.302 e. The van der Waals surface area contributed by atoms with Crippen LogP contribution in [0.5, 0.6) is 0 Å². The van der Waals surface area contributed by atoms with Gasteiger partial charge in [-0.15, -0.1) is 11.3 Å². The summed E-state index contributed by atoms with van der Waals surface area (Å²) in [7, 11) is 0. The fraction of sp³-hybridized carbons (Fsp3) is 0.200. The number of halogens is 1. The van der Waals surface area contributed by atoms with E-state index < -0.39 is 5.25 Å². The van der Waals surface area contributed by atoms with Crippen molar-refractivity contribution in [2.24, 2.45) is 0 Å². The van der Waals surface area contributed by atoms with Crippen LogP contribution in [0.15, 0.2) is 35.8 Å². The van der Waals surface area contributed by atoms with E-state index in [1.54, 1.807) is 35.8 Å². The molecule has 3 rings (SSSR count). The molecule has 1 atom stereocenters. The van der Waals surface area contributed by atoms with Crippen LogP contribution in [0.1, 0.15) is 12.0 Å². The summed E-state index contributed by atoms with van der Waals surface area (Å²) in [5.74, 6) is -0.720. The molecule has 0 bridgehead atoms. The van der Waals surface area contributed by atoms with Crippen LogP contribution in [0.4, 0.5) is 9.93 Å². The van der Waals surface area contributed by atoms with E-state index in [1.165, 1.54) is 11.3 Å². The quantitative estimate of drug-likeness (QED) is 0.858. The number of hydrogen-bond acceptors (Lipinski definition) is 6. The van der Waals surface area contributed by atoms with Gasteiger partial charge in [-0.3, -0.25) is 19.3 Å². The first-order valence-electron chi connectivity index (χ1n) is 6.99. The number of thioether (sulfide) groups is 1. The van der Waals surface area contributed by atoms with E-state index in [4.69, 9.17) is 11.6 Å². The maximum Gasteiger partial charge on any atom is 0.289 e. The molecular formula is C15H12ClN3O3S2. The second-order valence-corrected chi connectivity index (χ2v) is 7.43. The summed E-state index contributed by atoms with van der Waals surface area (Å²) in [5.41, 5.74) is 0.689. The summed E-state index contributed by atoms with van der Waals surface area (Å²) in [5, 5.41) is 4.22. The number of thiazole rings is 1. The van der Waals surface area contributed by atoms with Gasteiger partial charge in [0.2, 0.25) is 11.8 Å². The monoisotopic (exact) mass is 381 g/mol. The smallest absolute Gasteiger partial charge is 0.289 e. The lowest BCUT2D eigenvalue weighted by Gasteiger charge is -2.14. The van der Waals surface area contributed by atoms with Gasteiger partial charge in [-0.2, -0.15) is 0 Å². The molecule has 1 aliphatic rings. The number of amides is 3. The molecule has 1 saturated heterocycles. The highest BCUT2D eigenvalue weighted by Crippen LogP contribution is 2.31. The Labute approximate surface area is 151 Å². The van der Waals surface area contributed by atoms with Crippen molar-refractivity contribution in [1.29, 1.82) is 0 Å². The van der Waals surface area contributed by atoms with E-state index in [0.717, 1.165) is 16.7 Å². The molecule has 2 heterocycles. The molecule has 0 saturated carbocycles. The van der Waals surface area contributed by atoms with Gasteiger partial charge < -0.3 is 5.32 Å². The van der Waals surface area contributed by atoms with Crippen LogP contribution in [0.2, 0.25) is 5.02 Å². The van der Waals surface area contributed by atoms with E-state index in [-0.39, 0.29) is 30.0 Å². The average molecular weight is 382 g/mol. The molecule has 24 heavy (non-hydrogen) atoms. The SMILES string of the molecule is O=C(C[C@H]1SC(=O)N(Cc2ccccc2Cl)C1=O)Nc1nccs1. The minimum absolute atomic E-state index is 0.0756. The molecule has 124 valence electrons. The van der Waals surface area contributed by atoms with Gasteiger partial charge in [0, 0.05) is 23.0 Å². The average Bonchev–Trinajstić information content (AvgIpc) is 3.13. The lowest BCUT2D eigenvalue weighted by molar-refractivity contribution is -0.129. The van der Waals surface area contributed by atoms with Gasteiger partial charge in [0.15, 0.2) is 5.13 Å². The molecular weight excluding hydrogens is 370 g/mol. The Kier molecular flexibility index (Phi) is 5.17. The number of nitrogens with one attached hydrogen (secondary N) is 1. The van der Waals surface area contributed by atoms with E-state index in [0.29, 0.717) is 15.7 Å². The maximum absolute atomic E-state index is 12.4. The number of carbonyl (C=O) groups is 3. The van der Waals surface area contributed by atoms with E-state index in [2.05, 4.69) is 10.3 Å². The number of rotatable bonds is 5. The molecule has 1 aliphatic heterocycles. The van der Waals surface area contributed by atoms with Crippen molar-refractivity contribution in [3.05, 3.63) is 46.4 Å². The van der Waals surface area contributed by atoms with Crippen molar-refractivity contribution < 1.29 is 14.4 Å². The second kappa shape index (κ2) is 7.33. The number of aromatic nitrogens is 1. The van der Waals surface area contributed by atoms with Crippen LogP contribution >= 0.6 is 34.7 Å². The number of hydrogen-bond donors (Lipinski definition) is 1. The van der Waals surface area contributed by atoms with Crippen LogP contribution in [0.25, 0.3) is 0 Å². The fourth-order valence-electron chi connectivity index (χ4n) is 2.19. The van der Waals surface area contributed by atoms with Crippen LogP contribution in [0, 0.1) is 0 Å². The van der Waals surface area contributed by atoms with E-state index in [9.17, 15) is 14.4 Å². The topological polar surface area (TPSA) is 79.4 Å². The summed E-state index contributed by atoms with van der Waals surface area (Å²) in [6.07, 6.45) is 1.50. The Bertz CT molecular complexity index is 782. The predicted molar refractivity (Wildman–Crippen MR) is 94.1 cm³/mol. The molecule has 3 amide bonds. The Morgan fingerprint density at radius 2 is 2.12 bits per heavy atom. The van der Waals surface area contributed by atoms with E-state index in [1.807, 2.05) is 0 Å². The molecule has 0 unspecified atom stereocenters. The molecule has 1 aromatic heterocycles. The van der Waals surface area contributed by atoms with Crippen LogP contribution < -0.4 is 5.32 Å². The standard InChI is InChI=1S/C15H12ClN3O3S2/c16-10-4-2-1-3-9(10)8-19-13(21)11(24-15(19)22)7-12(20)18-14-17-5-6-23-14/h1-6,11H,7-8H2,(H,17,18,20)/t11-/m1/s1. The molecule has 1 fully saturated rings. The number of nitrogens with zero attached hydrogens (tertiary/aromatic N) is 2. The third-order valence-electron chi connectivity index (χ3n) is 3.34. The van der Waals surface area contributed by atoms with E-state index >= 15 is 0 Å². The number of carbonyl (C=O) groups excluding carboxylic acids is 3. The minimum atomic E-state index is -0.722. The molecule has 1 N–H and O–H groups in total. The summed E-state index contributed by atoms with van der Waals surface area (Å²) in [4.78, 5) is 41.6. The predicted octanol–water partition coefficient (Wildman–Crippen LogP) is 3.39. The Balaban J connectivity index is 1.63. The zero-order valence-corrected chi connectivity index (χ0v) is 14.7. The van der Waals surface area contributed by atoms with Gasteiger partial charge in [0.1, 0.15) is 5.25 Å². The van der Waals surface area contributed by atoms with Gasteiger partial charge in [0.05, 0.1) is 6.54 Å². The second-order valence-electron chi connectivity index (χ2n) is 4.98. The van der Waals surface area contributed by atoms with Gasteiger partial charge in [-0.25, -0.2) is 4.98 Å². The van der Waals surface area contributed by atoms with Gasteiger partial charge in [0.25, 0.3) is 5.24 Å². The highest BCUT2D eigenvalue weighted by molar-refractivity contribution is 8.15. The Morgan fingerprint density at radius 1 is 1.33 bits per heavy atom. The Morgan fingerprint density at radius 3 is 2.83 bits per heavy atom. The lowest BCUT2D eigenvalue weighted by Crippen LogP contribution is -2.32. The third kappa shape index (κ3) is 3.77.